The highest BCUT2D eigenvalue weighted by Gasteiger charge is 2.03. The lowest BCUT2D eigenvalue weighted by Gasteiger charge is -2.03. The van der Waals surface area contributed by atoms with Gasteiger partial charge in [-0.25, -0.2) is 4.79 Å². The van der Waals surface area contributed by atoms with Crippen molar-refractivity contribution in [2.75, 3.05) is 0 Å². The molecule has 0 aliphatic rings. The Morgan fingerprint density at radius 3 is 2.36 bits per heavy atom. The van der Waals surface area contributed by atoms with Crippen LogP contribution in [0.3, 0.4) is 0 Å². The van der Waals surface area contributed by atoms with Crippen LogP contribution in [0, 0.1) is 6.92 Å². The second-order valence-electron chi connectivity index (χ2n) is 2.80. The lowest BCUT2D eigenvalue weighted by molar-refractivity contribution is 0.0697. The zero-order valence-corrected chi connectivity index (χ0v) is 9.29. The molecule has 0 heterocycles. The van der Waals surface area contributed by atoms with Crippen LogP contribution >= 0.6 is 0 Å². The van der Waals surface area contributed by atoms with Crippen molar-refractivity contribution in [3.8, 4) is 0 Å². The van der Waals surface area contributed by atoms with Gasteiger partial charge in [-0.2, -0.15) is 0 Å². The Bertz CT molecular complexity index is 303. The maximum Gasteiger partial charge on any atom is 0.335 e. The number of benzene rings is 1. The van der Waals surface area contributed by atoms with E-state index in [4.69, 9.17) is 5.11 Å². The number of rotatable bonds is 2. The Balaban J connectivity index is 0.000000791. The number of carbonyl (C=O) groups is 1. The van der Waals surface area contributed by atoms with Gasteiger partial charge in [0.2, 0.25) is 0 Å². The Morgan fingerprint density at radius 2 is 1.93 bits per heavy atom. The molecule has 1 aromatic carbocycles. The van der Waals surface area contributed by atoms with Crippen molar-refractivity contribution in [2.45, 2.75) is 34.1 Å². The zero-order valence-electron chi connectivity index (χ0n) is 9.29. The molecule has 0 radical (unpaired) electrons. The summed E-state index contributed by atoms with van der Waals surface area (Å²) in [6.45, 7) is 8.01. The van der Waals surface area contributed by atoms with Crippen molar-refractivity contribution >= 4 is 5.97 Å². The molecule has 1 rings (SSSR count). The lowest BCUT2D eigenvalue weighted by atomic mass is 10.0. The van der Waals surface area contributed by atoms with Crippen molar-refractivity contribution in [3.05, 3.63) is 34.9 Å². The molecule has 0 aliphatic carbocycles. The fraction of sp³-hybridized carbons (Fsp3) is 0.417. The lowest BCUT2D eigenvalue weighted by Crippen LogP contribution is -1.98. The molecule has 1 aromatic rings. The van der Waals surface area contributed by atoms with Gasteiger partial charge in [0.1, 0.15) is 0 Å². The molecule has 0 saturated carbocycles. The van der Waals surface area contributed by atoms with E-state index in [1.165, 1.54) is 0 Å². The first-order chi connectivity index (χ1) is 6.65. The van der Waals surface area contributed by atoms with Crippen LogP contribution in [0.1, 0.15) is 42.3 Å². The number of aryl methyl sites for hydroxylation is 2. The van der Waals surface area contributed by atoms with Crippen LogP contribution in [-0.4, -0.2) is 11.1 Å². The van der Waals surface area contributed by atoms with Gasteiger partial charge in [0.05, 0.1) is 5.56 Å². The van der Waals surface area contributed by atoms with Crippen LogP contribution in [0.25, 0.3) is 0 Å². The number of aromatic carboxylic acids is 1. The molecule has 1 N–H and O–H groups in total. The van der Waals surface area contributed by atoms with Crippen molar-refractivity contribution in [1.82, 2.24) is 0 Å². The summed E-state index contributed by atoms with van der Waals surface area (Å²) in [6, 6.07) is 5.22. The van der Waals surface area contributed by atoms with E-state index < -0.39 is 5.97 Å². The number of carboxylic acid groups (broad SMARTS) is 1. The topological polar surface area (TPSA) is 37.3 Å². The Kier molecular flexibility index (Phi) is 5.61. The summed E-state index contributed by atoms with van der Waals surface area (Å²) in [5, 5.41) is 8.70. The van der Waals surface area contributed by atoms with Crippen LogP contribution in [0.5, 0.6) is 0 Å². The van der Waals surface area contributed by atoms with E-state index >= 15 is 0 Å². The van der Waals surface area contributed by atoms with Crippen molar-refractivity contribution in [3.63, 3.8) is 0 Å². The molecule has 0 saturated heterocycles. The summed E-state index contributed by atoms with van der Waals surface area (Å²) in [6.07, 6.45) is 0.882. The average molecular weight is 194 g/mol. The molecule has 0 unspecified atom stereocenters. The molecule has 0 atom stereocenters. The minimum absolute atomic E-state index is 0.373. The van der Waals surface area contributed by atoms with E-state index in [0.29, 0.717) is 5.56 Å². The number of hydrogen-bond acceptors (Lipinski definition) is 1. The van der Waals surface area contributed by atoms with Crippen molar-refractivity contribution in [2.24, 2.45) is 0 Å². The summed E-state index contributed by atoms with van der Waals surface area (Å²) in [4.78, 5) is 10.6. The van der Waals surface area contributed by atoms with Crippen LogP contribution < -0.4 is 0 Å². The van der Waals surface area contributed by atoms with E-state index in [1.54, 1.807) is 12.1 Å². The predicted molar refractivity (Wildman–Crippen MR) is 58.9 cm³/mol. The maximum absolute atomic E-state index is 10.6. The third-order valence-electron chi connectivity index (χ3n) is 1.98. The van der Waals surface area contributed by atoms with Crippen molar-refractivity contribution in [1.29, 1.82) is 0 Å². The van der Waals surface area contributed by atoms with E-state index in [-0.39, 0.29) is 0 Å². The molecule has 0 fully saturated rings. The first-order valence-electron chi connectivity index (χ1n) is 4.98. The summed E-state index contributed by atoms with van der Waals surface area (Å²) < 4.78 is 0. The highest BCUT2D eigenvalue weighted by atomic mass is 16.4. The van der Waals surface area contributed by atoms with Crippen LogP contribution in [0.15, 0.2) is 18.2 Å². The normalized spacial score (nSPS) is 8.86. The second kappa shape index (κ2) is 6.19. The Hall–Kier alpha value is -1.31. The van der Waals surface area contributed by atoms with Crippen molar-refractivity contribution < 1.29 is 9.90 Å². The van der Waals surface area contributed by atoms with Gasteiger partial charge in [-0.1, -0.05) is 26.8 Å². The molecule has 0 bridgehead atoms. The monoisotopic (exact) mass is 194 g/mol. The van der Waals surface area contributed by atoms with E-state index in [1.807, 2.05) is 33.8 Å². The smallest absolute Gasteiger partial charge is 0.335 e. The van der Waals surface area contributed by atoms with Gasteiger partial charge in [-0.05, 0) is 36.6 Å². The minimum Gasteiger partial charge on any atom is -0.478 e. The zero-order chi connectivity index (χ0) is 11.1. The van der Waals surface area contributed by atoms with Gasteiger partial charge in [-0.3, -0.25) is 0 Å². The molecule has 0 spiro atoms. The highest BCUT2D eigenvalue weighted by Crippen LogP contribution is 2.11. The van der Waals surface area contributed by atoms with Crippen LogP contribution in [-0.2, 0) is 6.42 Å². The maximum atomic E-state index is 10.6. The molecule has 2 nitrogen and oxygen atoms in total. The van der Waals surface area contributed by atoms with Crippen LogP contribution in [0.4, 0.5) is 0 Å². The largest absolute Gasteiger partial charge is 0.478 e. The summed E-state index contributed by atoms with van der Waals surface area (Å²) in [5.74, 6) is -0.857. The van der Waals surface area contributed by atoms with Gasteiger partial charge in [0, 0.05) is 0 Å². The van der Waals surface area contributed by atoms with Gasteiger partial charge in [0.25, 0.3) is 0 Å². The molecule has 0 amide bonds. The first-order valence-corrected chi connectivity index (χ1v) is 4.98. The summed E-state index contributed by atoms with van der Waals surface area (Å²) >= 11 is 0. The van der Waals surface area contributed by atoms with E-state index in [0.717, 1.165) is 17.5 Å². The van der Waals surface area contributed by atoms with Gasteiger partial charge >= 0.3 is 5.97 Å². The Labute approximate surface area is 85.6 Å². The van der Waals surface area contributed by atoms with E-state index in [2.05, 4.69) is 0 Å². The second-order valence-corrected chi connectivity index (χ2v) is 2.80. The van der Waals surface area contributed by atoms with Gasteiger partial charge < -0.3 is 5.11 Å². The third-order valence-corrected chi connectivity index (χ3v) is 1.98. The average Bonchev–Trinajstić information content (AvgIpc) is 2.21. The number of hydrogen-bond donors (Lipinski definition) is 1. The van der Waals surface area contributed by atoms with Crippen LogP contribution in [0.2, 0.25) is 0 Å². The molecule has 78 valence electrons. The van der Waals surface area contributed by atoms with Gasteiger partial charge in [0.15, 0.2) is 0 Å². The Morgan fingerprint density at radius 1 is 1.36 bits per heavy atom. The molecule has 0 aliphatic heterocycles. The third kappa shape index (κ3) is 3.21. The fourth-order valence-electron chi connectivity index (χ4n) is 1.19. The fourth-order valence-corrected chi connectivity index (χ4v) is 1.19. The SMILES string of the molecule is CC.CCc1cc(C(=O)O)ccc1C. The minimum atomic E-state index is -0.857. The highest BCUT2D eigenvalue weighted by molar-refractivity contribution is 5.87. The molecule has 2 heteroatoms. The molecule has 14 heavy (non-hydrogen) atoms. The molecule has 0 aromatic heterocycles. The molecular weight excluding hydrogens is 176 g/mol. The first kappa shape index (κ1) is 12.7. The molecular formula is C12H18O2. The summed E-state index contributed by atoms with van der Waals surface area (Å²) in [5.41, 5.74) is 2.63. The van der Waals surface area contributed by atoms with E-state index in [9.17, 15) is 4.79 Å². The summed E-state index contributed by atoms with van der Waals surface area (Å²) in [7, 11) is 0. The standard InChI is InChI=1S/C10H12O2.C2H6/c1-3-8-6-9(10(11)12)5-4-7(8)2;1-2/h4-6H,3H2,1-2H3,(H,11,12);1-2H3. The number of carboxylic acids is 1. The van der Waals surface area contributed by atoms with Gasteiger partial charge in [-0.15, -0.1) is 0 Å². The quantitative estimate of drug-likeness (QED) is 0.784. The predicted octanol–water partition coefficient (Wildman–Crippen LogP) is 3.28.